The van der Waals surface area contributed by atoms with E-state index in [0.717, 1.165) is 29.9 Å². The molecule has 0 amide bonds. The van der Waals surface area contributed by atoms with E-state index in [4.69, 9.17) is 15.2 Å². The molecule has 1 aromatic carbocycles. The molecule has 1 aliphatic rings. The van der Waals surface area contributed by atoms with Crippen LogP contribution in [0, 0.1) is 0 Å². The van der Waals surface area contributed by atoms with Gasteiger partial charge in [0.05, 0.1) is 6.10 Å². The van der Waals surface area contributed by atoms with E-state index in [1.165, 1.54) is 0 Å². The summed E-state index contributed by atoms with van der Waals surface area (Å²) in [6, 6.07) is 6.00. The maximum atomic E-state index is 6.23. The molecule has 0 aliphatic carbocycles. The van der Waals surface area contributed by atoms with Crippen molar-refractivity contribution in [1.29, 1.82) is 0 Å². The maximum Gasteiger partial charge on any atom is 0.128 e. The maximum absolute atomic E-state index is 6.23. The highest BCUT2D eigenvalue weighted by Gasteiger charge is 2.34. The third kappa shape index (κ3) is 2.61. The number of hydrogen-bond acceptors (Lipinski definition) is 3. The zero-order chi connectivity index (χ0) is 13.3. The van der Waals surface area contributed by atoms with E-state index < -0.39 is 0 Å². The Morgan fingerprint density at radius 2 is 2.22 bits per heavy atom. The average Bonchev–Trinajstić information content (AvgIpc) is 2.27. The van der Waals surface area contributed by atoms with Gasteiger partial charge in [0.25, 0.3) is 0 Å². The van der Waals surface area contributed by atoms with Gasteiger partial charge >= 0.3 is 0 Å². The summed E-state index contributed by atoms with van der Waals surface area (Å²) in [5.74, 6) is 1.72. The molecule has 0 aromatic heterocycles. The minimum absolute atomic E-state index is 0.0480. The molecule has 3 nitrogen and oxygen atoms in total. The number of fused-ring (bicyclic) bond motifs is 1. The number of rotatable bonds is 3. The van der Waals surface area contributed by atoms with Crippen LogP contribution < -0.4 is 15.2 Å². The zero-order valence-electron chi connectivity index (χ0n) is 11.7. The van der Waals surface area contributed by atoms with Gasteiger partial charge in [0.1, 0.15) is 17.1 Å². The summed E-state index contributed by atoms with van der Waals surface area (Å²) in [7, 11) is 0. The highest BCUT2D eigenvalue weighted by atomic mass is 16.5. The van der Waals surface area contributed by atoms with Gasteiger partial charge in [0, 0.05) is 24.1 Å². The van der Waals surface area contributed by atoms with Crippen LogP contribution in [0.2, 0.25) is 0 Å². The molecule has 2 N–H and O–H groups in total. The summed E-state index contributed by atoms with van der Waals surface area (Å²) < 4.78 is 11.8. The normalized spacial score (nSPS) is 26.7. The first kappa shape index (κ1) is 13.2. The summed E-state index contributed by atoms with van der Waals surface area (Å²) in [5.41, 5.74) is 7.14. The van der Waals surface area contributed by atoms with Crippen LogP contribution in [0.4, 0.5) is 0 Å². The molecule has 0 bridgehead atoms. The second-order valence-corrected chi connectivity index (χ2v) is 5.58. The van der Waals surface area contributed by atoms with E-state index >= 15 is 0 Å². The third-order valence-electron chi connectivity index (χ3n) is 3.51. The van der Waals surface area contributed by atoms with Gasteiger partial charge in [-0.2, -0.15) is 0 Å². The highest BCUT2D eigenvalue weighted by Crippen LogP contribution is 2.41. The van der Waals surface area contributed by atoms with Gasteiger partial charge in [0.15, 0.2) is 0 Å². The lowest BCUT2D eigenvalue weighted by Gasteiger charge is -2.38. The predicted octanol–water partition coefficient (Wildman–Crippen LogP) is 3.42. The Kier molecular flexibility index (Phi) is 3.53. The van der Waals surface area contributed by atoms with E-state index in [9.17, 15) is 0 Å². The fourth-order valence-corrected chi connectivity index (χ4v) is 2.35. The number of ether oxygens (including phenoxy) is 2. The van der Waals surface area contributed by atoms with E-state index in [0.29, 0.717) is 0 Å². The molecule has 2 atom stereocenters. The molecule has 1 aliphatic heterocycles. The van der Waals surface area contributed by atoms with Crippen molar-refractivity contribution in [3.05, 3.63) is 23.8 Å². The average molecular weight is 249 g/mol. The van der Waals surface area contributed by atoms with Crippen LogP contribution in [-0.4, -0.2) is 11.7 Å². The molecule has 3 heteroatoms. The van der Waals surface area contributed by atoms with Crippen molar-refractivity contribution in [3.63, 3.8) is 0 Å². The molecule has 1 heterocycles. The molecule has 18 heavy (non-hydrogen) atoms. The highest BCUT2D eigenvalue weighted by molar-refractivity contribution is 5.44. The SMILES string of the molecule is CCC1(C)CC(N)c2ccc(OC(C)C)cc2O1. The first-order chi connectivity index (χ1) is 8.43. The fraction of sp³-hybridized carbons (Fsp3) is 0.600. The Morgan fingerprint density at radius 1 is 1.50 bits per heavy atom. The smallest absolute Gasteiger partial charge is 0.128 e. The van der Waals surface area contributed by atoms with Gasteiger partial charge in [0.2, 0.25) is 0 Å². The predicted molar refractivity (Wildman–Crippen MR) is 73.1 cm³/mol. The third-order valence-corrected chi connectivity index (χ3v) is 3.51. The standard InChI is InChI=1S/C15H23NO2/c1-5-15(4)9-13(16)12-7-6-11(17-10(2)3)8-14(12)18-15/h6-8,10,13H,5,9,16H2,1-4H3. The second-order valence-electron chi connectivity index (χ2n) is 5.58. The topological polar surface area (TPSA) is 44.5 Å². The van der Waals surface area contributed by atoms with Crippen molar-refractivity contribution in [2.24, 2.45) is 5.73 Å². The minimum Gasteiger partial charge on any atom is -0.491 e. The Balaban J connectivity index is 2.31. The molecular formula is C15H23NO2. The van der Waals surface area contributed by atoms with Crippen LogP contribution in [0.15, 0.2) is 18.2 Å². The van der Waals surface area contributed by atoms with Gasteiger partial charge in [-0.25, -0.2) is 0 Å². The Hall–Kier alpha value is -1.22. The van der Waals surface area contributed by atoms with E-state index in [-0.39, 0.29) is 17.7 Å². The van der Waals surface area contributed by atoms with Gasteiger partial charge < -0.3 is 15.2 Å². The molecule has 0 fully saturated rings. The molecule has 0 saturated carbocycles. The summed E-state index contributed by atoms with van der Waals surface area (Å²) >= 11 is 0. The molecule has 1 aromatic rings. The quantitative estimate of drug-likeness (QED) is 0.892. The summed E-state index contributed by atoms with van der Waals surface area (Å²) in [4.78, 5) is 0. The lowest BCUT2D eigenvalue weighted by Crippen LogP contribution is -2.39. The fourth-order valence-electron chi connectivity index (χ4n) is 2.35. The summed E-state index contributed by atoms with van der Waals surface area (Å²) in [6.07, 6.45) is 1.98. The molecule has 0 saturated heterocycles. The molecule has 0 spiro atoms. The molecule has 100 valence electrons. The summed E-state index contributed by atoms with van der Waals surface area (Å²) in [6.45, 7) is 8.28. The van der Waals surface area contributed by atoms with E-state index in [1.807, 2.05) is 32.0 Å². The van der Waals surface area contributed by atoms with Crippen molar-refractivity contribution < 1.29 is 9.47 Å². The molecular weight excluding hydrogens is 226 g/mol. The van der Waals surface area contributed by atoms with Crippen LogP contribution in [0.25, 0.3) is 0 Å². The Bertz CT molecular complexity index is 431. The van der Waals surface area contributed by atoms with Gasteiger partial charge in [-0.1, -0.05) is 13.0 Å². The van der Waals surface area contributed by atoms with Crippen molar-refractivity contribution in [1.82, 2.24) is 0 Å². The van der Waals surface area contributed by atoms with Gasteiger partial charge in [-0.15, -0.1) is 0 Å². The first-order valence-corrected chi connectivity index (χ1v) is 6.69. The van der Waals surface area contributed by atoms with Crippen LogP contribution in [-0.2, 0) is 0 Å². The van der Waals surface area contributed by atoms with E-state index in [1.54, 1.807) is 0 Å². The Morgan fingerprint density at radius 3 is 2.83 bits per heavy atom. The van der Waals surface area contributed by atoms with Crippen molar-refractivity contribution >= 4 is 0 Å². The Labute approximate surface area is 109 Å². The van der Waals surface area contributed by atoms with Crippen LogP contribution >= 0.6 is 0 Å². The van der Waals surface area contributed by atoms with Crippen LogP contribution in [0.5, 0.6) is 11.5 Å². The molecule has 2 rings (SSSR count). The molecule has 0 radical (unpaired) electrons. The number of nitrogens with two attached hydrogens (primary N) is 1. The van der Waals surface area contributed by atoms with Crippen molar-refractivity contribution in [2.75, 3.05) is 0 Å². The van der Waals surface area contributed by atoms with Gasteiger partial charge in [-0.3, -0.25) is 0 Å². The monoisotopic (exact) mass is 249 g/mol. The zero-order valence-corrected chi connectivity index (χ0v) is 11.7. The van der Waals surface area contributed by atoms with Crippen molar-refractivity contribution in [3.8, 4) is 11.5 Å². The number of benzene rings is 1. The van der Waals surface area contributed by atoms with E-state index in [2.05, 4.69) is 13.8 Å². The van der Waals surface area contributed by atoms with Gasteiger partial charge in [-0.05, 0) is 33.3 Å². The summed E-state index contributed by atoms with van der Waals surface area (Å²) in [5, 5.41) is 0. The lowest BCUT2D eigenvalue weighted by atomic mass is 9.87. The molecule has 2 unspecified atom stereocenters. The first-order valence-electron chi connectivity index (χ1n) is 6.69. The minimum atomic E-state index is -0.164. The largest absolute Gasteiger partial charge is 0.491 e. The van der Waals surface area contributed by atoms with Crippen LogP contribution in [0.1, 0.15) is 52.1 Å². The second kappa shape index (κ2) is 4.81. The lowest BCUT2D eigenvalue weighted by molar-refractivity contribution is 0.0498. The van der Waals surface area contributed by atoms with Crippen LogP contribution in [0.3, 0.4) is 0 Å². The van der Waals surface area contributed by atoms with Crippen molar-refractivity contribution in [2.45, 2.75) is 58.3 Å². The number of hydrogen-bond donors (Lipinski definition) is 1.